The van der Waals surface area contributed by atoms with Gasteiger partial charge in [-0.05, 0) is 55.7 Å². The lowest BCUT2D eigenvalue weighted by Gasteiger charge is -2.22. The van der Waals surface area contributed by atoms with Crippen LogP contribution in [0.1, 0.15) is 45.4 Å². The number of ether oxygens (including phenoxy) is 2. The highest BCUT2D eigenvalue weighted by Crippen LogP contribution is 2.47. The van der Waals surface area contributed by atoms with Crippen molar-refractivity contribution in [3.63, 3.8) is 0 Å². The van der Waals surface area contributed by atoms with Crippen molar-refractivity contribution in [2.75, 3.05) is 19.9 Å². The molecule has 4 heterocycles. The van der Waals surface area contributed by atoms with E-state index in [1.807, 2.05) is 48.2 Å². The smallest absolute Gasteiger partial charge is 0.259 e. The zero-order valence-electron chi connectivity index (χ0n) is 18.7. The lowest BCUT2D eigenvalue weighted by Crippen LogP contribution is -2.34. The number of nitrogens with zero attached hydrogens (tertiary/aromatic N) is 2. The number of likely N-dealkylation sites (tertiary alicyclic amines) is 1. The van der Waals surface area contributed by atoms with E-state index in [0.717, 1.165) is 46.1 Å². The van der Waals surface area contributed by atoms with Crippen molar-refractivity contribution in [3.05, 3.63) is 80.2 Å². The Morgan fingerprint density at radius 1 is 1.06 bits per heavy atom. The van der Waals surface area contributed by atoms with Gasteiger partial charge in [0.05, 0.1) is 5.69 Å². The summed E-state index contributed by atoms with van der Waals surface area (Å²) in [6, 6.07) is 13.3. The number of aromatic nitrogens is 1. The first-order chi connectivity index (χ1) is 16.5. The van der Waals surface area contributed by atoms with Gasteiger partial charge in [-0.25, -0.2) is 0 Å². The van der Waals surface area contributed by atoms with E-state index in [1.54, 1.807) is 17.8 Å². The van der Waals surface area contributed by atoms with E-state index >= 15 is 0 Å². The van der Waals surface area contributed by atoms with Crippen molar-refractivity contribution < 1.29 is 14.3 Å². The van der Waals surface area contributed by atoms with Crippen LogP contribution in [-0.2, 0) is 6.42 Å². The summed E-state index contributed by atoms with van der Waals surface area (Å²) >= 11 is 8.08. The monoisotopic (exact) mass is 494 g/mol. The molecule has 0 aliphatic carbocycles. The van der Waals surface area contributed by atoms with Gasteiger partial charge in [0.1, 0.15) is 5.56 Å². The van der Waals surface area contributed by atoms with E-state index < -0.39 is 0 Å². The summed E-state index contributed by atoms with van der Waals surface area (Å²) in [4.78, 5) is 29.6. The second-order valence-corrected chi connectivity index (χ2v) is 10.5. The van der Waals surface area contributed by atoms with Crippen molar-refractivity contribution in [1.29, 1.82) is 0 Å². The van der Waals surface area contributed by atoms with Gasteiger partial charge in [0.15, 0.2) is 16.9 Å². The minimum absolute atomic E-state index is 0.0493. The molecule has 3 aliphatic heterocycles. The molecule has 6 nitrogen and oxygen atoms in total. The normalized spacial score (nSPS) is 18.4. The van der Waals surface area contributed by atoms with Crippen LogP contribution in [0.2, 0.25) is 5.02 Å². The number of rotatable bonds is 2. The number of hydrogen-bond donors (Lipinski definition) is 0. The van der Waals surface area contributed by atoms with Gasteiger partial charge < -0.3 is 18.9 Å². The average Bonchev–Trinajstić information content (AvgIpc) is 3.48. The summed E-state index contributed by atoms with van der Waals surface area (Å²) in [5.41, 5.74) is 3.59. The van der Waals surface area contributed by atoms with Gasteiger partial charge in [0.25, 0.3) is 5.91 Å². The molecule has 0 N–H and O–H groups in total. The molecule has 174 valence electrons. The van der Waals surface area contributed by atoms with E-state index in [1.165, 1.54) is 0 Å². The Balaban J connectivity index is 1.56. The number of carbonyl (C=O) groups excluding carboxylic acids is 1. The Morgan fingerprint density at radius 2 is 1.85 bits per heavy atom. The molecular formula is C26H23ClN2O4S. The van der Waals surface area contributed by atoms with E-state index in [4.69, 9.17) is 21.1 Å². The van der Waals surface area contributed by atoms with Gasteiger partial charge in [-0.2, -0.15) is 0 Å². The minimum Gasteiger partial charge on any atom is -0.454 e. The summed E-state index contributed by atoms with van der Waals surface area (Å²) in [7, 11) is 0. The molecule has 8 heteroatoms. The number of thioether (sulfide) groups is 1. The first-order valence-corrected chi connectivity index (χ1v) is 12.7. The Kier molecular flexibility index (Phi) is 5.34. The Bertz CT molecular complexity index is 1380. The number of amides is 1. The van der Waals surface area contributed by atoms with Gasteiger partial charge in [-0.15, -0.1) is 11.8 Å². The fourth-order valence-corrected chi connectivity index (χ4v) is 6.61. The minimum atomic E-state index is -0.215. The van der Waals surface area contributed by atoms with Crippen LogP contribution >= 0.6 is 23.4 Å². The molecule has 1 atom stereocenters. The predicted octanol–water partition coefficient (Wildman–Crippen LogP) is 5.15. The number of pyridine rings is 1. The molecule has 3 aromatic rings. The lowest BCUT2D eigenvalue weighted by atomic mass is 10.0. The molecule has 0 spiro atoms. The predicted molar refractivity (Wildman–Crippen MR) is 132 cm³/mol. The number of benzene rings is 2. The van der Waals surface area contributed by atoms with Gasteiger partial charge >= 0.3 is 0 Å². The quantitative estimate of drug-likeness (QED) is 0.493. The molecular weight excluding hydrogens is 472 g/mol. The second-order valence-electron chi connectivity index (χ2n) is 8.84. The fraction of sp³-hybridized carbons (Fsp3) is 0.308. The summed E-state index contributed by atoms with van der Waals surface area (Å²) in [6.07, 6.45) is 2.46. The maximum Gasteiger partial charge on any atom is 0.259 e. The first-order valence-electron chi connectivity index (χ1n) is 11.4. The molecule has 1 saturated heterocycles. The second kappa shape index (κ2) is 8.40. The van der Waals surface area contributed by atoms with Gasteiger partial charge in [-0.3, -0.25) is 9.59 Å². The van der Waals surface area contributed by atoms with Gasteiger partial charge in [-0.1, -0.05) is 17.7 Å². The third-order valence-electron chi connectivity index (χ3n) is 6.68. The summed E-state index contributed by atoms with van der Waals surface area (Å²) in [6.45, 7) is 3.51. The molecule has 1 fully saturated rings. The number of halogens is 1. The number of carbonyl (C=O) groups is 1. The van der Waals surface area contributed by atoms with Crippen LogP contribution < -0.4 is 14.9 Å². The van der Waals surface area contributed by atoms with Crippen LogP contribution in [0.25, 0.3) is 5.69 Å². The summed E-state index contributed by atoms with van der Waals surface area (Å²) in [5.74, 6) is 1.27. The summed E-state index contributed by atoms with van der Waals surface area (Å²) < 4.78 is 13.2. The zero-order chi connectivity index (χ0) is 23.4. The van der Waals surface area contributed by atoms with Crippen LogP contribution in [0.3, 0.4) is 0 Å². The Morgan fingerprint density at radius 3 is 2.68 bits per heavy atom. The maximum absolute atomic E-state index is 13.6. The van der Waals surface area contributed by atoms with Gasteiger partial charge in [0, 0.05) is 52.1 Å². The topological polar surface area (TPSA) is 60.8 Å². The van der Waals surface area contributed by atoms with E-state index in [0.29, 0.717) is 30.3 Å². The highest BCUT2D eigenvalue weighted by Gasteiger charge is 2.32. The van der Waals surface area contributed by atoms with Crippen molar-refractivity contribution >= 4 is 29.3 Å². The average molecular weight is 495 g/mol. The number of fused-ring (bicyclic) bond motifs is 4. The van der Waals surface area contributed by atoms with E-state index in [-0.39, 0.29) is 28.9 Å². The Hall–Kier alpha value is -2.90. The highest BCUT2D eigenvalue weighted by atomic mass is 35.5. The molecule has 34 heavy (non-hydrogen) atoms. The van der Waals surface area contributed by atoms with Crippen LogP contribution in [0, 0.1) is 6.92 Å². The fourth-order valence-electron chi connectivity index (χ4n) is 5.07. The molecule has 0 bridgehead atoms. The molecule has 6 rings (SSSR count). The van der Waals surface area contributed by atoms with Crippen molar-refractivity contribution in [2.45, 2.75) is 36.3 Å². The molecule has 2 aromatic carbocycles. The first kappa shape index (κ1) is 21.6. The third-order valence-corrected chi connectivity index (χ3v) is 8.22. The van der Waals surface area contributed by atoms with E-state index in [9.17, 15) is 9.59 Å². The van der Waals surface area contributed by atoms with Crippen LogP contribution in [0.15, 0.2) is 52.2 Å². The van der Waals surface area contributed by atoms with Crippen molar-refractivity contribution in [1.82, 2.24) is 9.47 Å². The SMILES string of the molecule is Cc1cc(=O)c(C(=O)N2CCCC2)c2n1-c1ccc(Cl)cc1SC(c1ccc3c(c1)OCO3)C2. The molecule has 1 unspecified atom stereocenters. The molecule has 0 saturated carbocycles. The lowest BCUT2D eigenvalue weighted by molar-refractivity contribution is 0.0789. The van der Waals surface area contributed by atoms with Crippen LogP contribution in [-0.4, -0.2) is 35.3 Å². The largest absolute Gasteiger partial charge is 0.454 e. The molecule has 1 amide bonds. The van der Waals surface area contributed by atoms with Crippen LogP contribution in [0.5, 0.6) is 11.5 Å². The van der Waals surface area contributed by atoms with Gasteiger partial charge in [0.2, 0.25) is 6.79 Å². The standard InChI is InChI=1S/C26H23ClN2O4S/c1-15-10-20(30)25(26(31)28-8-2-3-9-28)19-13-23(16-4-7-21-22(11-16)33-14-32-21)34-24-12-17(27)5-6-18(24)29(15)19/h4-7,10-12,23H,2-3,8-9,13-14H2,1H3. The zero-order valence-corrected chi connectivity index (χ0v) is 20.2. The Labute approximate surface area is 206 Å². The van der Waals surface area contributed by atoms with Crippen molar-refractivity contribution in [3.8, 4) is 17.2 Å². The van der Waals surface area contributed by atoms with Crippen molar-refractivity contribution in [2.24, 2.45) is 0 Å². The maximum atomic E-state index is 13.6. The molecule has 3 aliphatic rings. The van der Waals surface area contributed by atoms with E-state index in [2.05, 4.69) is 4.57 Å². The van der Waals surface area contributed by atoms with Crippen LogP contribution in [0.4, 0.5) is 0 Å². The molecule has 1 aromatic heterocycles. The highest BCUT2D eigenvalue weighted by molar-refractivity contribution is 7.99. The number of hydrogen-bond acceptors (Lipinski definition) is 5. The third kappa shape index (κ3) is 3.58. The molecule has 0 radical (unpaired) electrons. The number of aryl methyl sites for hydroxylation is 1. The summed E-state index contributed by atoms with van der Waals surface area (Å²) in [5, 5.41) is 0.595.